The van der Waals surface area contributed by atoms with Crippen molar-refractivity contribution in [3.8, 4) is 11.5 Å². The van der Waals surface area contributed by atoms with Gasteiger partial charge >= 0.3 is 5.97 Å². The van der Waals surface area contributed by atoms with Gasteiger partial charge in [-0.3, -0.25) is 4.79 Å². The average molecular weight is 497 g/mol. The van der Waals surface area contributed by atoms with E-state index in [9.17, 15) is 9.59 Å². The fraction of sp³-hybridized carbons (Fsp3) is 0.0870. The first kappa shape index (κ1) is 21.0. The lowest BCUT2D eigenvalue weighted by atomic mass is 10.1. The Bertz CT molecular complexity index is 1200. The van der Waals surface area contributed by atoms with Gasteiger partial charge in [0.25, 0.3) is 5.91 Å². The molecule has 0 saturated heterocycles. The first-order chi connectivity index (χ1) is 15.0. The molecule has 6 nitrogen and oxygen atoms in total. The first-order valence-corrected chi connectivity index (χ1v) is 10.9. The normalized spacial score (nSPS) is 14.7. The number of esters is 1. The van der Waals surface area contributed by atoms with Gasteiger partial charge in [0, 0.05) is 4.47 Å². The number of ether oxygens (including phenoxy) is 2. The Morgan fingerprint density at radius 3 is 2.58 bits per heavy atom. The number of carbonyl (C=O) groups is 2. The van der Waals surface area contributed by atoms with Gasteiger partial charge in [-0.1, -0.05) is 28.1 Å². The van der Waals surface area contributed by atoms with Crippen molar-refractivity contribution >= 4 is 56.6 Å². The van der Waals surface area contributed by atoms with Crippen molar-refractivity contribution in [3.05, 3.63) is 80.5 Å². The fourth-order valence-corrected chi connectivity index (χ4v) is 3.87. The molecular formula is C23H17BrN2O4S. The second-order valence-electron chi connectivity index (χ2n) is 6.61. The summed E-state index contributed by atoms with van der Waals surface area (Å²) in [5.41, 5.74) is 2.50. The number of hydrogen-bond acceptors (Lipinski definition) is 6. The summed E-state index contributed by atoms with van der Waals surface area (Å²) in [6.45, 7) is 1.79. The van der Waals surface area contributed by atoms with Crippen LogP contribution in [-0.2, 0) is 4.79 Å². The number of anilines is 1. The van der Waals surface area contributed by atoms with E-state index in [1.54, 1.807) is 43.3 Å². The summed E-state index contributed by atoms with van der Waals surface area (Å²) in [4.78, 5) is 25.7. The van der Waals surface area contributed by atoms with Crippen molar-refractivity contribution in [1.29, 1.82) is 0 Å². The minimum atomic E-state index is -0.446. The highest BCUT2D eigenvalue weighted by Crippen LogP contribution is 2.31. The van der Waals surface area contributed by atoms with E-state index in [4.69, 9.17) is 9.47 Å². The van der Waals surface area contributed by atoms with Gasteiger partial charge in [0.2, 0.25) is 0 Å². The molecule has 2 aromatic carbocycles. The van der Waals surface area contributed by atoms with E-state index in [-0.39, 0.29) is 5.91 Å². The monoisotopic (exact) mass is 496 g/mol. The average Bonchev–Trinajstić information content (AvgIpc) is 3.40. The molecule has 0 fully saturated rings. The van der Waals surface area contributed by atoms with Crippen molar-refractivity contribution in [2.75, 3.05) is 12.1 Å². The predicted molar refractivity (Wildman–Crippen MR) is 125 cm³/mol. The zero-order valence-corrected chi connectivity index (χ0v) is 19.1. The van der Waals surface area contributed by atoms with Gasteiger partial charge in [0.15, 0.2) is 11.5 Å². The van der Waals surface area contributed by atoms with E-state index >= 15 is 0 Å². The predicted octanol–water partition coefficient (Wildman–Crippen LogP) is 5.54. The maximum Gasteiger partial charge on any atom is 0.353 e. The van der Waals surface area contributed by atoms with Gasteiger partial charge in [-0.15, -0.1) is 11.3 Å². The number of carbonyl (C=O) groups excluding carboxylic acids is 2. The van der Waals surface area contributed by atoms with Crippen LogP contribution in [0.4, 0.5) is 5.69 Å². The SMILES string of the molecule is COc1cc(C=C2C(=O)N(c3ccc(Br)cc3)N=C2C)ccc1OC(=O)c1cccs1. The maximum absolute atomic E-state index is 12.9. The molecule has 1 aliphatic heterocycles. The number of nitrogens with zero attached hydrogens (tertiary/aromatic N) is 2. The Labute approximate surface area is 191 Å². The van der Waals surface area contributed by atoms with Crippen LogP contribution < -0.4 is 14.5 Å². The molecule has 0 bridgehead atoms. The molecule has 0 radical (unpaired) electrons. The Kier molecular flexibility index (Phi) is 6.01. The van der Waals surface area contributed by atoms with Crippen LogP contribution in [0.25, 0.3) is 6.08 Å². The third kappa shape index (κ3) is 4.45. The summed E-state index contributed by atoms with van der Waals surface area (Å²) < 4.78 is 11.8. The number of methoxy groups -OCH3 is 1. The van der Waals surface area contributed by atoms with Crippen molar-refractivity contribution < 1.29 is 19.1 Å². The third-order valence-electron chi connectivity index (χ3n) is 4.56. The van der Waals surface area contributed by atoms with Crippen LogP contribution in [0.1, 0.15) is 22.2 Å². The zero-order chi connectivity index (χ0) is 22.0. The van der Waals surface area contributed by atoms with Crippen molar-refractivity contribution in [2.24, 2.45) is 5.10 Å². The molecule has 1 aromatic heterocycles. The van der Waals surface area contributed by atoms with Crippen LogP contribution >= 0.6 is 27.3 Å². The van der Waals surface area contributed by atoms with Crippen LogP contribution in [0.3, 0.4) is 0 Å². The van der Waals surface area contributed by atoms with Crippen molar-refractivity contribution in [3.63, 3.8) is 0 Å². The summed E-state index contributed by atoms with van der Waals surface area (Å²) in [6, 6.07) is 16.0. The van der Waals surface area contributed by atoms with Gasteiger partial charge < -0.3 is 9.47 Å². The van der Waals surface area contributed by atoms with E-state index in [0.29, 0.717) is 33.3 Å². The summed E-state index contributed by atoms with van der Waals surface area (Å²) in [6.07, 6.45) is 1.74. The third-order valence-corrected chi connectivity index (χ3v) is 5.94. The van der Waals surface area contributed by atoms with Crippen LogP contribution in [0.15, 0.2) is 75.1 Å². The molecule has 0 atom stereocenters. The molecule has 0 unspecified atom stereocenters. The van der Waals surface area contributed by atoms with Crippen LogP contribution in [0, 0.1) is 0 Å². The van der Waals surface area contributed by atoms with Crippen LogP contribution in [0.2, 0.25) is 0 Å². The van der Waals surface area contributed by atoms with E-state index < -0.39 is 5.97 Å². The molecule has 8 heteroatoms. The lowest BCUT2D eigenvalue weighted by Crippen LogP contribution is -2.21. The van der Waals surface area contributed by atoms with E-state index in [0.717, 1.165) is 10.0 Å². The quantitative estimate of drug-likeness (QED) is 0.264. The summed E-state index contributed by atoms with van der Waals surface area (Å²) in [5.74, 6) is 0.0391. The van der Waals surface area contributed by atoms with Gasteiger partial charge in [0.05, 0.1) is 24.1 Å². The first-order valence-electron chi connectivity index (χ1n) is 9.27. The number of amides is 1. The number of benzene rings is 2. The smallest absolute Gasteiger partial charge is 0.353 e. The molecule has 1 aliphatic rings. The van der Waals surface area contributed by atoms with Crippen molar-refractivity contribution in [1.82, 2.24) is 0 Å². The second kappa shape index (κ2) is 8.87. The Hall–Kier alpha value is -3.23. The molecule has 0 aliphatic carbocycles. The minimum absolute atomic E-state index is 0.216. The largest absolute Gasteiger partial charge is 0.493 e. The van der Waals surface area contributed by atoms with Crippen LogP contribution in [-0.4, -0.2) is 24.7 Å². The Morgan fingerprint density at radius 2 is 1.90 bits per heavy atom. The lowest BCUT2D eigenvalue weighted by molar-refractivity contribution is -0.114. The number of rotatable bonds is 5. The summed E-state index contributed by atoms with van der Waals surface area (Å²) in [7, 11) is 1.50. The molecule has 31 heavy (non-hydrogen) atoms. The van der Waals surface area contributed by atoms with E-state index in [2.05, 4.69) is 21.0 Å². The minimum Gasteiger partial charge on any atom is -0.493 e. The fourth-order valence-electron chi connectivity index (χ4n) is 3.01. The molecule has 1 amide bonds. The molecule has 0 spiro atoms. The molecular weight excluding hydrogens is 480 g/mol. The molecule has 156 valence electrons. The topological polar surface area (TPSA) is 68.2 Å². The maximum atomic E-state index is 12.9. The standard InChI is InChI=1S/C23H17BrN2O4S/c1-14-18(22(27)26(25-14)17-8-6-16(24)7-9-17)12-15-5-10-19(20(13-15)29-2)30-23(28)21-4-3-11-31-21/h3-13H,1-2H3. The molecule has 0 N–H and O–H groups in total. The number of halogens is 1. The van der Waals surface area contributed by atoms with Crippen molar-refractivity contribution in [2.45, 2.75) is 6.92 Å². The van der Waals surface area contributed by atoms with Gasteiger partial charge in [-0.25, -0.2) is 4.79 Å². The summed E-state index contributed by atoms with van der Waals surface area (Å²) >= 11 is 4.69. The second-order valence-corrected chi connectivity index (χ2v) is 8.48. The Morgan fingerprint density at radius 1 is 1.13 bits per heavy atom. The molecule has 4 rings (SSSR count). The van der Waals surface area contributed by atoms with Gasteiger partial charge in [0.1, 0.15) is 4.88 Å². The highest BCUT2D eigenvalue weighted by atomic mass is 79.9. The van der Waals surface area contributed by atoms with E-state index in [1.165, 1.54) is 23.5 Å². The lowest BCUT2D eigenvalue weighted by Gasteiger charge is -2.12. The highest BCUT2D eigenvalue weighted by Gasteiger charge is 2.28. The molecule has 2 heterocycles. The van der Waals surface area contributed by atoms with Crippen LogP contribution in [0.5, 0.6) is 11.5 Å². The van der Waals surface area contributed by atoms with Gasteiger partial charge in [-0.2, -0.15) is 10.1 Å². The summed E-state index contributed by atoms with van der Waals surface area (Å²) in [5, 5.41) is 7.58. The van der Waals surface area contributed by atoms with Gasteiger partial charge in [-0.05, 0) is 66.4 Å². The highest BCUT2D eigenvalue weighted by molar-refractivity contribution is 9.10. The number of hydrazone groups is 1. The molecule has 0 saturated carbocycles. The van der Waals surface area contributed by atoms with E-state index in [1.807, 2.05) is 29.6 Å². The Balaban J connectivity index is 1.58. The number of hydrogen-bond donors (Lipinski definition) is 0. The zero-order valence-electron chi connectivity index (χ0n) is 16.7. The molecule has 3 aromatic rings. The number of thiophene rings is 1.